The van der Waals surface area contributed by atoms with Crippen molar-refractivity contribution in [3.8, 4) is 0 Å². The summed E-state index contributed by atoms with van der Waals surface area (Å²) < 4.78 is 1.47. The first kappa shape index (κ1) is 14.4. The Bertz CT molecular complexity index is 599. The molecule has 2 heterocycles. The molecule has 1 fully saturated rings. The molecule has 0 N–H and O–H groups in total. The summed E-state index contributed by atoms with van der Waals surface area (Å²) in [4.78, 5) is 16.9. The van der Waals surface area contributed by atoms with Crippen molar-refractivity contribution in [3.05, 3.63) is 63.5 Å². The fourth-order valence-electron chi connectivity index (χ4n) is 2.14. The van der Waals surface area contributed by atoms with Crippen molar-refractivity contribution in [2.75, 3.05) is 5.08 Å². The van der Waals surface area contributed by atoms with E-state index in [1.807, 2.05) is 59.9 Å². The van der Waals surface area contributed by atoms with E-state index in [4.69, 9.17) is 0 Å². The Balaban J connectivity index is 1.93. The molecule has 0 spiro atoms. The lowest BCUT2D eigenvalue weighted by Gasteiger charge is -2.32. The van der Waals surface area contributed by atoms with Crippen LogP contribution in [-0.2, 0) is 0 Å². The monoisotopic (exact) mass is 413 g/mol. The highest BCUT2D eigenvalue weighted by Crippen LogP contribution is 2.48. The Morgan fingerprint density at radius 1 is 1.15 bits per heavy atom. The van der Waals surface area contributed by atoms with Gasteiger partial charge in [-0.3, -0.25) is 9.78 Å². The fourth-order valence-corrected chi connectivity index (χ4v) is 4.61. The first-order valence-electron chi connectivity index (χ1n) is 6.18. The summed E-state index contributed by atoms with van der Waals surface area (Å²) >= 11 is 5.96. The van der Waals surface area contributed by atoms with Gasteiger partial charge in [0, 0.05) is 26.6 Å². The molecule has 1 saturated heterocycles. The third kappa shape index (κ3) is 3.04. The zero-order valence-electron chi connectivity index (χ0n) is 10.5. The summed E-state index contributed by atoms with van der Waals surface area (Å²) in [6, 6.07) is 11.7. The molecule has 1 aromatic heterocycles. The van der Waals surface area contributed by atoms with E-state index in [9.17, 15) is 4.79 Å². The number of ketones is 1. The number of nitrogens with zero attached hydrogens (tertiary/aromatic N) is 1. The lowest BCUT2D eigenvalue weighted by atomic mass is 9.92. The smallest absolute Gasteiger partial charge is 0.172 e. The van der Waals surface area contributed by atoms with E-state index in [-0.39, 0.29) is 11.7 Å². The van der Waals surface area contributed by atoms with E-state index in [1.54, 1.807) is 12.4 Å². The van der Waals surface area contributed by atoms with Gasteiger partial charge in [0.15, 0.2) is 5.78 Å². The van der Waals surface area contributed by atoms with E-state index >= 15 is 0 Å². The molecule has 1 aromatic carbocycles. The van der Waals surface area contributed by atoms with E-state index in [1.165, 1.54) is 0 Å². The average molecular weight is 413 g/mol. The maximum atomic E-state index is 12.8. The van der Waals surface area contributed by atoms with Crippen LogP contribution in [0, 0.1) is 3.57 Å². The topological polar surface area (TPSA) is 30.0 Å². The number of carbonyl (C=O) groups is 1. The predicted octanol–water partition coefficient (Wildman–Crippen LogP) is 4.42. The van der Waals surface area contributed by atoms with Crippen LogP contribution in [0.4, 0.5) is 0 Å². The van der Waals surface area contributed by atoms with Crippen molar-refractivity contribution in [3.63, 3.8) is 0 Å². The number of thioether (sulfide) groups is 2. The highest BCUT2D eigenvalue weighted by molar-refractivity contribution is 14.1. The number of rotatable bonds is 4. The zero-order chi connectivity index (χ0) is 13.9. The van der Waals surface area contributed by atoms with E-state index in [2.05, 4.69) is 27.6 Å². The second-order valence-corrected chi connectivity index (χ2v) is 8.62. The lowest BCUT2D eigenvalue weighted by molar-refractivity contribution is 0.0965. The van der Waals surface area contributed by atoms with Crippen LogP contribution in [0.25, 0.3) is 0 Å². The number of hydrogen-bond acceptors (Lipinski definition) is 4. The van der Waals surface area contributed by atoms with Crippen molar-refractivity contribution < 1.29 is 4.79 Å². The van der Waals surface area contributed by atoms with Crippen LogP contribution in [0.15, 0.2) is 48.8 Å². The third-order valence-electron chi connectivity index (χ3n) is 3.21. The Hall–Kier alpha value is -0.530. The van der Waals surface area contributed by atoms with Gasteiger partial charge in [0.25, 0.3) is 0 Å². The molecule has 102 valence electrons. The normalized spacial score (nSPS) is 16.4. The highest BCUT2D eigenvalue weighted by Gasteiger charge is 2.35. The summed E-state index contributed by atoms with van der Waals surface area (Å²) in [6.45, 7) is 0. The van der Waals surface area contributed by atoms with Gasteiger partial charge in [-0.1, -0.05) is 12.1 Å². The molecule has 5 heteroatoms. The first-order valence-corrected chi connectivity index (χ1v) is 9.36. The van der Waals surface area contributed by atoms with Crippen LogP contribution in [0.2, 0.25) is 0 Å². The average Bonchev–Trinajstić information content (AvgIpc) is 2.44. The molecule has 1 atom stereocenters. The van der Waals surface area contributed by atoms with Gasteiger partial charge in [-0.05, 0) is 52.4 Å². The Morgan fingerprint density at radius 3 is 2.35 bits per heavy atom. The van der Waals surface area contributed by atoms with Gasteiger partial charge in [-0.2, -0.15) is 0 Å². The number of benzene rings is 1. The van der Waals surface area contributed by atoms with Gasteiger partial charge in [0.05, 0.1) is 10.5 Å². The molecule has 1 aliphatic heterocycles. The molecule has 0 bridgehead atoms. The van der Waals surface area contributed by atoms with Gasteiger partial charge in [0.2, 0.25) is 0 Å². The molecule has 1 aliphatic rings. The van der Waals surface area contributed by atoms with E-state index < -0.39 is 0 Å². The Labute approximate surface area is 140 Å². The minimum Gasteiger partial charge on any atom is -0.293 e. The summed E-state index contributed by atoms with van der Waals surface area (Å²) in [5.41, 5.74) is 1.86. The molecule has 2 nitrogen and oxygen atoms in total. The maximum Gasteiger partial charge on any atom is 0.172 e. The van der Waals surface area contributed by atoms with Gasteiger partial charge >= 0.3 is 0 Å². The predicted molar refractivity (Wildman–Crippen MR) is 94.3 cm³/mol. The van der Waals surface area contributed by atoms with E-state index in [0.29, 0.717) is 4.58 Å². The molecule has 0 aliphatic carbocycles. The quantitative estimate of drug-likeness (QED) is 0.549. The van der Waals surface area contributed by atoms with E-state index in [0.717, 1.165) is 19.8 Å². The number of aromatic nitrogens is 1. The van der Waals surface area contributed by atoms with Gasteiger partial charge in [-0.25, -0.2) is 0 Å². The largest absolute Gasteiger partial charge is 0.293 e. The molecule has 1 unspecified atom stereocenters. The summed E-state index contributed by atoms with van der Waals surface area (Å²) in [5, 5.41) is 1.08. The number of Topliss-reactive ketones (excluding diaryl/α,β-unsaturated/α-hetero) is 1. The van der Waals surface area contributed by atoms with Crippen LogP contribution in [0.3, 0.4) is 0 Å². The minimum atomic E-state index is -0.0817. The maximum absolute atomic E-state index is 12.8. The first-order chi connectivity index (χ1) is 9.75. The minimum absolute atomic E-state index is 0.0817. The molecule has 3 rings (SSSR count). The molecule has 20 heavy (non-hydrogen) atoms. The number of carbonyl (C=O) groups excluding carboxylic acids is 1. The summed E-state index contributed by atoms with van der Waals surface area (Å²) in [6.07, 6.45) is 3.52. The van der Waals surface area contributed by atoms with Crippen molar-refractivity contribution in [2.45, 2.75) is 10.5 Å². The van der Waals surface area contributed by atoms with Crippen LogP contribution < -0.4 is 0 Å². The van der Waals surface area contributed by atoms with Gasteiger partial charge < -0.3 is 0 Å². The number of hydrogen-bond donors (Lipinski definition) is 0. The summed E-state index contributed by atoms with van der Waals surface area (Å²) in [5.74, 6) is 0.124. The van der Waals surface area contributed by atoms with Crippen LogP contribution >= 0.6 is 46.1 Å². The highest BCUT2D eigenvalue weighted by atomic mass is 127. The van der Waals surface area contributed by atoms with Crippen molar-refractivity contribution in [1.29, 1.82) is 0 Å². The summed E-state index contributed by atoms with van der Waals surface area (Å²) in [7, 11) is 0. The zero-order valence-corrected chi connectivity index (χ0v) is 14.3. The third-order valence-corrected chi connectivity index (χ3v) is 7.04. The Morgan fingerprint density at radius 2 is 1.80 bits per heavy atom. The molecular formula is C15H12INOS2. The standard InChI is InChI=1S/C15H12INOS2/c16-12-3-1-11(2-4-12)14(18)13(15-19-9-20-15)10-5-7-17-8-6-10/h1-8,13,15H,9H2. The lowest BCUT2D eigenvalue weighted by Crippen LogP contribution is -2.26. The SMILES string of the molecule is O=C(c1ccc(I)cc1)C(c1ccncc1)C1SCS1. The second kappa shape index (κ2) is 6.49. The van der Waals surface area contributed by atoms with Crippen LogP contribution in [-0.4, -0.2) is 20.4 Å². The van der Waals surface area contributed by atoms with Crippen molar-refractivity contribution in [2.24, 2.45) is 0 Å². The van der Waals surface area contributed by atoms with Crippen molar-refractivity contribution in [1.82, 2.24) is 4.98 Å². The fraction of sp³-hybridized carbons (Fsp3) is 0.200. The number of pyridine rings is 1. The molecule has 2 aromatic rings. The van der Waals surface area contributed by atoms with Gasteiger partial charge in [0.1, 0.15) is 0 Å². The van der Waals surface area contributed by atoms with Gasteiger partial charge in [-0.15, -0.1) is 23.5 Å². The molecular weight excluding hydrogens is 401 g/mol. The second-order valence-electron chi connectivity index (χ2n) is 4.45. The number of halogens is 1. The van der Waals surface area contributed by atoms with Crippen LogP contribution in [0.5, 0.6) is 0 Å². The Kier molecular flexibility index (Phi) is 4.68. The molecule has 0 saturated carbocycles. The van der Waals surface area contributed by atoms with Crippen LogP contribution in [0.1, 0.15) is 21.8 Å². The molecule has 0 amide bonds. The van der Waals surface area contributed by atoms with Crippen molar-refractivity contribution >= 4 is 51.9 Å². The molecule has 0 radical (unpaired) electrons.